The molecular formula is C35H53BrN8O5S2. The lowest BCUT2D eigenvalue weighted by atomic mass is 10.2. The largest absolute Gasteiger partial charge is 0.344 e. The van der Waals surface area contributed by atoms with Crippen LogP contribution in [0.15, 0.2) is 83.1 Å². The number of alkyl halides is 1. The monoisotopic (exact) mass is 808 g/mol. The molecule has 0 unspecified atom stereocenters. The minimum atomic E-state index is -3.58. The van der Waals surface area contributed by atoms with Crippen molar-refractivity contribution in [1.82, 2.24) is 30.0 Å². The summed E-state index contributed by atoms with van der Waals surface area (Å²) in [5.41, 5.74) is 10.5. The number of fused-ring (bicyclic) bond motifs is 2. The van der Waals surface area contributed by atoms with Crippen LogP contribution in [0.4, 0.5) is 0 Å². The van der Waals surface area contributed by atoms with E-state index in [2.05, 4.69) is 52.9 Å². The van der Waals surface area contributed by atoms with Gasteiger partial charge in [0.25, 0.3) is 0 Å². The summed E-state index contributed by atoms with van der Waals surface area (Å²) in [5, 5.41) is 9.84. The van der Waals surface area contributed by atoms with Gasteiger partial charge in [-0.2, -0.15) is 0 Å². The number of nitrogens with two attached hydrogens (primary N) is 2. The summed E-state index contributed by atoms with van der Waals surface area (Å²) in [6.07, 6.45) is 15.1. The Kier molecular flexibility index (Phi) is 21.6. The number of aromatic nitrogens is 2. The topological polar surface area (TPSA) is 211 Å². The molecule has 16 heteroatoms. The minimum absolute atomic E-state index is 0.0240. The van der Waals surface area contributed by atoms with Gasteiger partial charge in [0, 0.05) is 84.3 Å². The van der Waals surface area contributed by atoms with Crippen LogP contribution in [0.1, 0.15) is 58.3 Å². The molecule has 0 saturated carbocycles. The van der Waals surface area contributed by atoms with Gasteiger partial charge in [-0.25, -0.2) is 26.3 Å². The van der Waals surface area contributed by atoms with E-state index in [1.807, 2.05) is 12.1 Å². The number of unbranched alkanes of at least 4 members (excludes halogenated alkanes) is 5. The van der Waals surface area contributed by atoms with Crippen molar-refractivity contribution in [3.8, 4) is 0 Å². The summed E-state index contributed by atoms with van der Waals surface area (Å²) in [4.78, 5) is 19.7. The average Bonchev–Trinajstić information content (AvgIpc) is 3.13. The average molecular weight is 810 g/mol. The van der Waals surface area contributed by atoms with Gasteiger partial charge in [0.2, 0.25) is 26.0 Å². The molecule has 0 spiro atoms. The van der Waals surface area contributed by atoms with Gasteiger partial charge in [-0.05, 0) is 50.1 Å². The van der Waals surface area contributed by atoms with Gasteiger partial charge in [0.05, 0.1) is 16.5 Å². The number of hydrogen-bond donors (Lipinski definition) is 6. The summed E-state index contributed by atoms with van der Waals surface area (Å²) < 4.78 is 54.2. The lowest BCUT2D eigenvalue weighted by molar-refractivity contribution is -0.121. The number of sulfonamides is 2. The van der Waals surface area contributed by atoms with Crippen LogP contribution in [0, 0.1) is 0 Å². The highest BCUT2D eigenvalue weighted by atomic mass is 79.9. The molecule has 2 heterocycles. The Morgan fingerprint density at radius 1 is 0.706 bits per heavy atom. The molecule has 0 aliphatic heterocycles. The normalized spacial score (nSPS) is 11.4. The molecule has 51 heavy (non-hydrogen) atoms. The number of carbonyl (C=O) groups excluding carboxylic acids is 1. The Morgan fingerprint density at radius 3 is 1.80 bits per heavy atom. The lowest BCUT2D eigenvalue weighted by Gasteiger charge is -2.10. The van der Waals surface area contributed by atoms with Gasteiger partial charge in [0.1, 0.15) is 0 Å². The molecule has 1 amide bonds. The third-order valence-corrected chi connectivity index (χ3v) is 11.0. The first-order valence-corrected chi connectivity index (χ1v) is 21.3. The number of halogens is 1. The number of pyridine rings is 2. The van der Waals surface area contributed by atoms with Crippen molar-refractivity contribution in [2.75, 3.05) is 44.7 Å². The summed E-state index contributed by atoms with van der Waals surface area (Å²) in [5.74, 6) is -0.0240. The minimum Gasteiger partial charge on any atom is -0.344 e. The quantitative estimate of drug-likeness (QED) is 0.0427. The molecule has 2 aromatic heterocycles. The number of benzene rings is 2. The first kappa shape index (κ1) is 44.1. The zero-order chi connectivity index (χ0) is 37.4. The third kappa shape index (κ3) is 16.4. The third-order valence-electron chi connectivity index (χ3n) is 7.43. The van der Waals surface area contributed by atoms with Crippen LogP contribution in [-0.4, -0.2) is 77.4 Å². The molecule has 0 bridgehead atoms. The second-order valence-electron chi connectivity index (χ2n) is 11.4. The van der Waals surface area contributed by atoms with Crippen molar-refractivity contribution < 1.29 is 21.6 Å². The van der Waals surface area contributed by atoms with Crippen LogP contribution < -0.4 is 31.5 Å². The summed E-state index contributed by atoms with van der Waals surface area (Å²) in [6, 6.07) is 13.6. The first-order chi connectivity index (χ1) is 24.6. The molecule has 4 rings (SSSR count). The van der Waals surface area contributed by atoms with Gasteiger partial charge in [-0.15, -0.1) is 0 Å². The molecule has 282 valence electrons. The second-order valence-corrected chi connectivity index (χ2v) is 15.7. The van der Waals surface area contributed by atoms with Gasteiger partial charge in [-0.1, -0.05) is 72.8 Å². The smallest absolute Gasteiger partial charge is 0.241 e. The predicted octanol–water partition coefficient (Wildman–Crippen LogP) is 4.13. The van der Waals surface area contributed by atoms with E-state index in [0.717, 1.165) is 36.6 Å². The van der Waals surface area contributed by atoms with Crippen molar-refractivity contribution in [2.24, 2.45) is 11.5 Å². The van der Waals surface area contributed by atoms with Crippen molar-refractivity contribution in [2.45, 2.75) is 68.1 Å². The molecule has 2 aromatic carbocycles. The van der Waals surface area contributed by atoms with E-state index >= 15 is 0 Å². The maximum atomic E-state index is 12.5. The van der Waals surface area contributed by atoms with E-state index in [4.69, 9.17) is 11.5 Å². The Labute approximate surface area is 311 Å². The SMILES string of the molecule is CCCCCCBr.NCCNS(=O)(=O)c1cccc2cnccc12.NCNC(=O)CCCCCNCCNS(=O)(=O)c1cccc2cnccc12. The Hall–Kier alpha value is -3.09. The van der Waals surface area contributed by atoms with Crippen LogP contribution in [0.3, 0.4) is 0 Å². The number of nitrogens with zero attached hydrogens (tertiary/aromatic N) is 2. The zero-order valence-corrected chi connectivity index (χ0v) is 32.5. The van der Waals surface area contributed by atoms with Gasteiger partial charge in [0.15, 0.2) is 0 Å². The predicted molar refractivity (Wildman–Crippen MR) is 209 cm³/mol. The number of rotatable bonds is 20. The number of amides is 1. The molecule has 0 aliphatic carbocycles. The molecular weight excluding hydrogens is 756 g/mol. The molecule has 0 saturated heterocycles. The Balaban J connectivity index is 0.000000318. The molecule has 0 atom stereocenters. The highest BCUT2D eigenvalue weighted by Crippen LogP contribution is 2.22. The fourth-order valence-corrected chi connectivity index (χ4v) is 7.77. The summed E-state index contributed by atoms with van der Waals surface area (Å²) in [7, 11) is -7.08. The number of nitrogens with one attached hydrogen (secondary N) is 4. The van der Waals surface area contributed by atoms with Crippen LogP contribution >= 0.6 is 15.9 Å². The van der Waals surface area contributed by atoms with Crippen LogP contribution in [0.25, 0.3) is 21.5 Å². The van der Waals surface area contributed by atoms with E-state index in [0.29, 0.717) is 30.3 Å². The number of hydrogen-bond acceptors (Lipinski definition) is 10. The number of carbonyl (C=O) groups is 1. The molecule has 8 N–H and O–H groups in total. The Morgan fingerprint density at radius 2 is 1.27 bits per heavy atom. The van der Waals surface area contributed by atoms with E-state index in [1.54, 1.807) is 61.2 Å². The summed E-state index contributed by atoms with van der Waals surface area (Å²) in [6.45, 7) is 4.53. The molecule has 13 nitrogen and oxygen atoms in total. The highest BCUT2D eigenvalue weighted by Gasteiger charge is 2.17. The molecule has 4 aromatic rings. The van der Waals surface area contributed by atoms with Crippen molar-refractivity contribution >= 4 is 63.4 Å². The standard InChI is InChI=1S/C18H27N5O3S.C11H13N3O2S.C6H13Br/c19-14-22-18(24)7-2-1-3-9-20-11-12-23-27(25,26)17-6-4-5-15-13-21-10-8-16(15)17;12-5-7-14-17(15,16)11-3-1-2-9-8-13-6-4-10(9)11;1-2-3-4-5-6-7/h4-6,8,10,13,20,23H,1-3,7,9,11-12,14,19H2,(H,22,24);1-4,6,8,14H,5,7,12H2;2-6H2,1H3. The van der Waals surface area contributed by atoms with Gasteiger partial charge in [-0.3, -0.25) is 14.8 Å². The summed E-state index contributed by atoms with van der Waals surface area (Å²) >= 11 is 3.38. The maximum Gasteiger partial charge on any atom is 0.241 e. The van der Waals surface area contributed by atoms with Crippen LogP contribution in [0.2, 0.25) is 0 Å². The molecule has 0 radical (unpaired) electrons. The van der Waals surface area contributed by atoms with Crippen LogP contribution in [-0.2, 0) is 24.8 Å². The fourth-order valence-electron chi connectivity index (χ4n) is 4.84. The van der Waals surface area contributed by atoms with Gasteiger partial charge < -0.3 is 22.1 Å². The molecule has 0 aliphatic rings. The van der Waals surface area contributed by atoms with Crippen molar-refractivity contribution in [3.63, 3.8) is 0 Å². The van der Waals surface area contributed by atoms with Crippen molar-refractivity contribution in [1.29, 1.82) is 0 Å². The zero-order valence-electron chi connectivity index (χ0n) is 29.3. The van der Waals surface area contributed by atoms with E-state index in [-0.39, 0.29) is 35.5 Å². The lowest BCUT2D eigenvalue weighted by Crippen LogP contribution is -2.32. The second kappa shape index (κ2) is 25.0. The van der Waals surface area contributed by atoms with Crippen molar-refractivity contribution in [3.05, 3.63) is 73.3 Å². The highest BCUT2D eigenvalue weighted by molar-refractivity contribution is 9.09. The van der Waals surface area contributed by atoms with E-state index in [1.165, 1.54) is 31.0 Å². The van der Waals surface area contributed by atoms with E-state index < -0.39 is 20.0 Å². The Bertz CT molecular complexity index is 1800. The van der Waals surface area contributed by atoms with Gasteiger partial charge >= 0.3 is 0 Å². The first-order valence-electron chi connectivity index (χ1n) is 17.2. The fraction of sp³-hybridized carbons (Fsp3) is 0.457. The van der Waals surface area contributed by atoms with Crippen LogP contribution in [0.5, 0.6) is 0 Å². The molecule has 0 fully saturated rings. The van der Waals surface area contributed by atoms with E-state index in [9.17, 15) is 21.6 Å². The maximum absolute atomic E-state index is 12.5.